The summed E-state index contributed by atoms with van der Waals surface area (Å²) in [4.78, 5) is 15.7. The topological polar surface area (TPSA) is 51.2 Å². The van der Waals surface area contributed by atoms with E-state index >= 15 is 0 Å². The zero-order valence-electron chi connectivity index (χ0n) is 11.2. The van der Waals surface area contributed by atoms with Crippen LogP contribution in [0.4, 0.5) is 0 Å². The van der Waals surface area contributed by atoms with E-state index in [1.54, 1.807) is 31.6 Å². The zero-order valence-corrected chi connectivity index (χ0v) is 12.0. The first-order valence-electron chi connectivity index (χ1n) is 6.11. The molecule has 1 N–H and O–H groups in total. The van der Waals surface area contributed by atoms with Crippen molar-refractivity contribution in [1.82, 2.24) is 10.3 Å². The Morgan fingerprint density at radius 1 is 1.25 bits per heavy atom. The van der Waals surface area contributed by atoms with E-state index in [0.29, 0.717) is 12.1 Å². The lowest BCUT2D eigenvalue weighted by atomic mass is 10.1. The van der Waals surface area contributed by atoms with Crippen molar-refractivity contribution in [2.75, 3.05) is 13.7 Å². The molecule has 1 amide bonds. The number of nitrogens with one attached hydrogen (secondary N) is 1. The van der Waals surface area contributed by atoms with Crippen molar-refractivity contribution >= 4 is 18.3 Å². The molecule has 0 radical (unpaired) electrons. The number of benzene rings is 1. The van der Waals surface area contributed by atoms with Crippen LogP contribution in [0.15, 0.2) is 48.8 Å². The maximum Gasteiger partial charge on any atom is 0.252 e. The first-order chi connectivity index (χ1) is 9.31. The Morgan fingerprint density at radius 2 is 2.05 bits per heavy atom. The number of hydrogen-bond donors (Lipinski definition) is 1. The number of ether oxygens (including phenoxy) is 1. The summed E-state index contributed by atoms with van der Waals surface area (Å²) in [6.07, 6.45) is 3.93. The van der Waals surface area contributed by atoms with Gasteiger partial charge in [0.05, 0.1) is 12.7 Å². The molecule has 20 heavy (non-hydrogen) atoms. The van der Waals surface area contributed by atoms with E-state index < -0.39 is 0 Å². The summed E-state index contributed by atoms with van der Waals surface area (Å²) >= 11 is 0. The Labute approximate surface area is 124 Å². The molecule has 0 spiro atoms. The highest BCUT2D eigenvalue weighted by Gasteiger charge is 2.05. The van der Waals surface area contributed by atoms with Gasteiger partial charge in [-0.15, -0.1) is 12.4 Å². The van der Waals surface area contributed by atoms with Crippen LogP contribution < -0.4 is 10.1 Å². The fourth-order valence-corrected chi connectivity index (χ4v) is 1.82. The molecule has 0 unspecified atom stereocenters. The van der Waals surface area contributed by atoms with Crippen LogP contribution in [0.3, 0.4) is 0 Å². The first-order valence-corrected chi connectivity index (χ1v) is 6.11. The van der Waals surface area contributed by atoms with Crippen LogP contribution in [0.5, 0.6) is 5.75 Å². The summed E-state index contributed by atoms with van der Waals surface area (Å²) < 4.78 is 5.26. The Hall–Kier alpha value is -2.07. The molecule has 2 rings (SSSR count). The van der Waals surface area contributed by atoms with Gasteiger partial charge in [-0.2, -0.15) is 0 Å². The van der Waals surface area contributed by atoms with Crippen LogP contribution in [0.25, 0.3) is 0 Å². The third kappa shape index (κ3) is 4.24. The first kappa shape index (κ1) is 16.0. The van der Waals surface area contributed by atoms with Crippen LogP contribution in [0, 0.1) is 0 Å². The fourth-order valence-electron chi connectivity index (χ4n) is 1.82. The number of amides is 1. The maximum atomic E-state index is 11.8. The molecule has 0 aliphatic rings. The van der Waals surface area contributed by atoms with Crippen molar-refractivity contribution in [2.45, 2.75) is 6.42 Å². The highest BCUT2D eigenvalue weighted by molar-refractivity contribution is 5.93. The molecule has 0 atom stereocenters. The predicted octanol–water partition coefficient (Wildman–Crippen LogP) is 2.48. The zero-order chi connectivity index (χ0) is 13.5. The van der Waals surface area contributed by atoms with Gasteiger partial charge in [-0.3, -0.25) is 9.78 Å². The minimum atomic E-state index is -0.108. The molecule has 2 aromatic rings. The third-order valence-corrected chi connectivity index (χ3v) is 2.80. The summed E-state index contributed by atoms with van der Waals surface area (Å²) in [5, 5.41) is 2.86. The molecule has 0 fully saturated rings. The maximum absolute atomic E-state index is 11.8. The number of rotatable bonds is 5. The second kappa shape index (κ2) is 8.17. The van der Waals surface area contributed by atoms with Gasteiger partial charge < -0.3 is 10.1 Å². The number of carbonyl (C=O) groups is 1. The molecule has 1 aromatic carbocycles. The van der Waals surface area contributed by atoms with Crippen molar-refractivity contribution in [1.29, 1.82) is 0 Å². The molecule has 106 valence electrons. The van der Waals surface area contributed by atoms with Crippen molar-refractivity contribution in [2.24, 2.45) is 0 Å². The second-order valence-electron chi connectivity index (χ2n) is 4.06. The van der Waals surface area contributed by atoms with Crippen LogP contribution in [0.1, 0.15) is 15.9 Å². The molecule has 5 heteroatoms. The van der Waals surface area contributed by atoms with Gasteiger partial charge in [0.2, 0.25) is 0 Å². The van der Waals surface area contributed by atoms with Crippen LogP contribution in [0.2, 0.25) is 0 Å². The minimum absolute atomic E-state index is 0. The van der Waals surface area contributed by atoms with Crippen LogP contribution >= 0.6 is 12.4 Å². The fraction of sp³-hybridized carbons (Fsp3) is 0.200. The average molecular weight is 293 g/mol. The van der Waals surface area contributed by atoms with Gasteiger partial charge in [0, 0.05) is 18.9 Å². The number of nitrogens with zero attached hydrogens (tertiary/aromatic N) is 1. The number of halogens is 1. The number of hydrogen-bond acceptors (Lipinski definition) is 3. The highest BCUT2D eigenvalue weighted by atomic mass is 35.5. The number of pyridine rings is 1. The van der Waals surface area contributed by atoms with Gasteiger partial charge in [-0.05, 0) is 30.2 Å². The van der Waals surface area contributed by atoms with Crippen LogP contribution in [-0.4, -0.2) is 24.5 Å². The lowest BCUT2D eigenvalue weighted by Crippen LogP contribution is -2.25. The summed E-state index contributed by atoms with van der Waals surface area (Å²) in [5.74, 6) is 0.737. The lowest BCUT2D eigenvalue weighted by molar-refractivity contribution is 0.0953. The third-order valence-electron chi connectivity index (χ3n) is 2.80. The Balaban J connectivity index is 0.00000200. The van der Waals surface area contributed by atoms with Crippen molar-refractivity contribution in [3.05, 3.63) is 59.9 Å². The molecular formula is C15H17ClN2O2. The average Bonchev–Trinajstić information content (AvgIpc) is 2.48. The van der Waals surface area contributed by atoms with Gasteiger partial charge in [0.15, 0.2) is 0 Å². The van der Waals surface area contributed by atoms with Gasteiger partial charge in [-0.25, -0.2) is 0 Å². The monoisotopic (exact) mass is 292 g/mol. The Kier molecular flexibility index (Phi) is 6.53. The molecule has 1 heterocycles. The molecule has 1 aromatic heterocycles. The van der Waals surface area contributed by atoms with Gasteiger partial charge >= 0.3 is 0 Å². The van der Waals surface area contributed by atoms with Crippen molar-refractivity contribution < 1.29 is 9.53 Å². The van der Waals surface area contributed by atoms with Crippen LogP contribution in [-0.2, 0) is 6.42 Å². The largest absolute Gasteiger partial charge is 0.496 e. The van der Waals surface area contributed by atoms with E-state index in [9.17, 15) is 4.79 Å². The SMILES string of the molecule is COc1ccccc1CCNC(=O)c1cccnc1.Cl. The van der Waals surface area contributed by atoms with E-state index in [-0.39, 0.29) is 18.3 Å². The lowest BCUT2D eigenvalue weighted by Gasteiger charge is -2.09. The summed E-state index contributed by atoms with van der Waals surface area (Å²) in [6, 6.07) is 11.3. The molecule has 4 nitrogen and oxygen atoms in total. The molecule has 0 saturated heterocycles. The number of aromatic nitrogens is 1. The van der Waals surface area contributed by atoms with E-state index in [4.69, 9.17) is 4.74 Å². The summed E-state index contributed by atoms with van der Waals surface area (Å²) in [6.45, 7) is 0.564. The van der Waals surface area contributed by atoms with Crippen molar-refractivity contribution in [3.8, 4) is 5.75 Å². The van der Waals surface area contributed by atoms with E-state index in [0.717, 1.165) is 17.7 Å². The normalized spacial score (nSPS) is 9.45. The standard InChI is InChI=1S/C15H16N2O2.ClH/c1-19-14-7-3-2-5-12(14)8-10-17-15(18)13-6-4-9-16-11-13;/h2-7,9,11H,8,10H2,1H3,(H,17,18);1H. The molecule has 0 bridgehead atoms. The highest BCUT2D eigenvalue weighted by Crippen LogP contribution is 2.17. The molecule has 0 aliphatic carbocycles. The number of methoxy groups -OCH3 is 1. The quantitative estimate of drug-likeness (QED) is 0.921. The van der Waals surface area contributed by atoms with E-state index in [2.05, 4.69) is 10.3 Å². The summed E-state index contributed by atoms with van der Waals surface area (Å²) in [7, 11) is 1.65. The number of carbonyl (C=O) groups excluding carboxylic acids is 1. The Morgan fingerprint density at radius 3 is 2.75 bits per heavy atom. The molecule has 0 aliphatic heterocycles. The van der Waals surface area contributed by atoms with Gasteiger partial charge in [-0.1, -0.05) is 18.2 Å². The van der Waals surface area contributed by atoms with E-state index in [1.165, 1.54) is 0 Å². The van der Waals surface area contributed by atoms with Gasteiger partial charge in [0.25, 0.3) is 5.91 Å². The molecular weight excluding hydrogens is 276 g/mol. The van der Waals surface area contributed by atoms with E-state index in [1.807, 2.05) is 24.3 Å². The second-order valence-corrected chi connectivity index (χ2v) is 4.06. The minimum Gasteiger partial charge on any atom is -0.496 e. The molecule has 0 saturated carbocycles. The summed E-state index contributed by atoms with van der Waals surface area (Å²) in [5.41, 5.74) is 1.65. The number of para-hydroxylation sites is 1. The van der Waals surface area contributed by atoms with Crippen molar-refractivity contribution in [3.63, 3.8) is 0 Å². The predicted molar refractivity (Wildman–Crippen MR) is 80.5 cm³/mol. The smallest absolute Gasteiger partial charge is 0.252 e. The Bertz CT molecular complexity index is 547. The van der Waals surface area contributed by atoms with Gasteiger partial charge in [0.1, 0.15) is 5.75 Å².